The molecule has 0 aliphatic heterocycles. The topological polar surface area (TPSA) is 80.3 Å². The first-order chi connectivity index (χ1) is 14.1. The number of hydrogen-bond acceptors (Lipinski definition) is 4. The minimum absolute atomic E-state index is 0.296. The van der Waals surface area contributed by atoms with Crippen molar-refractivity contribution < 1.29 is 14.3 Å². The van der Waals surface area contributed by atoms with E-state index < -0.39 is 0 Å². The third-order valence-electron chi connectivity index (χ3n) is 4.49. The molecule has 0 saturated heterocycles. The van der Waals surface area contributed by atoms with E-state index in [2.05, 4.69) is 22.5 Å². The van der Waals surface area contributed by atoms with Crippen LogP contribution in [-0.2, 0) is 13.0 Å². The van der Waals surface area contributed by atoms with Gasteiger partial charge in [-0.2, -0.15) is 0 Å². The Balaban J connectivity index is 1.62. The summed E-state index contributed by atoms with van der Waals surface area (Å²) in [6, 6.07) is 16.6. The molecule has 0 fully saturated rings. The normalized spacial score (nSPS) is 10.3. The molecule has 0 bridgehead atoms. The molecule has 0 aliphatic carbocycles. The van der Waals surface area contributed by atoms with E-state index in [0.29, 0.717) is 23.4 Å². The second-order valence-electron chi connectivity index (χ2n) is 6.50. The largest absolute Gasteiger partial charge is 0.497 e. The fraction of sp³-hybridized carbons (Fsp3) is 0.174. The van der Waals surface area contributed by atoms with Crippen molar-refractivity contribution in [1.82, 2.24) is 10.3 Å². The number of carbonyl (C=O) groups excluding carboxylic acids is 2. The molecule has 1 aromatic heterocycles. The zero-order valence-electron chi connectivity index (χ0n) is 16.4. The van der Waals surface area contributed by atoms with Gasteiger partial charge < -0.3 is 15.4 Å². The Kier molecular flexibility index (Phi) is 6.58. The first-order valence-electron chi connectivity index (χ1n) is 9.35. The lowest BCUT2D eigenvalue weighted by Gasteiger charge is -2.08. The van der Waals surface area contributed by atoms with Gasteiger partial charge >= 0.3 is 0 Å². The quantitative estimate of drug-likeness (QED) is 0.643. The van der Waals surface area contributed by atoms with E-state index in [0.717, 1.165) is 17.7 Å². The van der Waals surface area contributed by atoms with Crippen LogP contribution in [0.25, 0.3) is 0 Å². The van der Waals surface area contributed by atoms with Crippen LogP contribution >= 0.6 is 0 Å². The van der Waals surface area contributed by atoms with Gasteiger partial charge in [0.15, 0.2) is 0 Å². The van der Waals surface area contributed by atoms with Crippen molar-refractivity contribution in [3.05, 3.63) is 89.2 Å². The fourth-order valence-corrected chi connectivity index (χ4v) is 2.74. The van der Waals surface area contributed by atoms with E-state index in [1.54, 1.807) is 7.11 Å². The number of amides is 2. The van der Waals surface area contributed by atoms with E-state index in [4.69, 9.17) is 4.74 Å². The zero-order chi connectivity index (χ0) is 20.6. The SMILES string of the molecule is CCc1ccc(NC(=O)c2cncc(C(=O)NCc3ccc(OC)cc3)c2)cc1. The predicted octanol–water partition coefficient (Wildman–Crippen LogP) is 3.83. The number of anilines is 1. The van der Waals surface area contributed by atoms with Gasteiger partial charge in [0.05, 0.1) is 18.2 Å². The summed E-state index contributed by atoms with van der Waals surface area (Å²) in [6.07, 6.45) is 3.82. The molecule has 0 unspecified atom stereocenters. The number of carbonyl (C=O) groups is 2. The summed E-state index contributed by atoms with van der Waals surface area (Å²) in [5.41, 5.74) is 3.48. The minimum Gasteiger partial charge on any atom is -0.497 e. The van der Waals surface area contributed by atoms with Crippen molar-refractivity contribution in [2.24, 2.45) is 0 Å². The van der Waals surface area contributed by atoms with Crippen LogP contribution < -0.4 is 15.4 Å². The highest BCUT2D eigenvalue weighted by Crippen LogP contribution is 2.13. The highest BCUT2D eigenvalue weighted by molar-refractivity contribution is 6.05. The van der Waals surface area contributed by atoms with Crippen LogP contribution in [0.4, 0.5) is 5.69 Å². The molecule has 6 heteroatoms. The third kappa shape index (κ3) is 5.42. The summed E-state index contributed by atoms with van der Waals surface area (Å²) in [5, 5.41) is 5.65. The molecule has 1 heterocycles. The highest BCUT2D eigenvalue weighted by Gasteiger charge is 2.12. The van der Waals surface area contributed by atoms with Crippen LogP contribution in [0.15, 0.2) is 67.0 Å². The van der Waals surface area contributed by atoms with Crippen LogP contribution in [0.5, 0.6) is 5.75 Å². The number of benzene rings is 2. The summed E-state index contributed by atoms with van der Waals surface area (Å²) >= 11 is 0. The highest BCUT2D eigenvalue weighted by atomic mass is 16.5. The van der Waals surface area contributed by atoms with Crippen LogP contribution in [0, 0.1) is 0 Å². The minimum atomic E-state index is -0.313. The Labute approximate surface area is 169 Å². The van der Waals surface area contributed by atoms with Gasteiger partial charge in [0, 0.05) is 24.6 Å². The van der Waals surface area contributed by atoms with Crippen molar-refractivity contribution in [2.45, 2.75) is 19.9 Å². The molecule has 0 atom stereocenters. The summed E-state index contributed by atoms with van der Waals surface area (Å²) in [4.78, 5) is 29.0. The molecule has 6 nitrogen and oxygen atoms in total. The van der Waals surface area contributed by atoms with Crippen LogP contribution in [0.1, 0.15) is 38.8 Å². The first-order valence-corrected chi connectivity index (χ1v) is 9.35. The Morgan fingerprint density at radius 3 is 2.14 bits per heavy atom. The Morgan fingerprint density at radius 1 is 0.897 bits per heavy atom. The van der Waals surface area contributed by atoms with Gasteiger partial charge in [0.1, 0.15) is 5.75 Å². The van der Waals surface area contributed by atoms with Crippen molar-refractivity contribution >= 4 is 17.5 Å². The lowest BCUT2D eigenvalue weighted by molar-refractivity contribution is 0.0950. The molecule has 2 aromatic carbocycles. The molecule has 0 spiro atoms. The van der Waals surface area contributed by atoms with E-state index in [1.807, 2.05) is 48.5 Å². The number of aryl methyl sites for hydroxylation is 1. The first kappa shape index (κ1) is 20.1. The summed E-state index contributed by atoms with van der Waals surface area (Å²) < 4.78 is 5.12. The number of methoxy groups -OCH3 is 1. The number of nitrogens with zero attached hydrogens (tertiary/aromatic N) is 1. The second-order valence-corrected chi connectivity index (χ2v) is 6.50. The van der Waals surface area contributed by atoms with Crippen LogP contribution in [0.2, 0.25) is 0 Å². The zero-order valence-corrected chi connectivity index (χ0v) is 16.4. The Morgan fingerprint density at radius 2 is 1.52 bits per heavy atom. The number of nitrogens with one attached hydrogen (secondary N) is 2. The van der Waals surface area contributed by atoms with E-state index in [9.17, 15) is 9.59 Å². The maximum absolute atomic E-state index is 12.5. The van der Waals surface area contributed by atoms with Crippen LogP contribution in [-0.4, -0.2) is 23.9 Å². The van der Waals surface area contributed by atoms with E-state index in [1.165, 1.54) is 24.0 Å². The maximum Gasteiger partial charge on any atom is 0.257 e. The smallest absolute Gasteiger partial charge is 0.257 e. The average molecular weight is 389 g/mol. The average Bonchev–Trinajstić information content (AvgIpc) is 2.78. The van der Waals surface area contributed by atoms with Crippen molar-refractivity contribution in [1.29, 1.82) is 0 Å². The summed E-state index contributed by atoms with van der Waals surface area (Å²) in [6.45, 7) is 2.44. The van der Waals surface area contributed by atoms with Crippen molar-refractivity contribution in [3.63, 3.8) is 0 Å². The molecule has 3 aromatic rings. The molecule has 2 amide bonds. The second kappa shape index (κ2) is 9.50. The van der Waals surface area contributed by atoms with Gasteiger partial charge in [-0.1, -0.05) is 31.2 Å². The molecule has 0 radical (unpaired) electrons. The Bertz CT molecular complexity index is 983. The molecular formula is C23H23N3O3. The van der Waals surface area contributed by atoms with Crippen LogP contribution in [0.3, 0.4) is 0 Å². The molecule has 2 N–H and O–H groups in total. The van der Waals surface area contributed by atoms with Gasteiger partial charge in [-0.15, -0.1) is 0 Å². The lowest BCUT2D eigenvalue weighted by atomic mass is 10.1. The number of ether oxygens (including phenoxy) is 1. The molecule has 0 aliphatic rings. The molecular weight excluding hydrogens is 366 g/mol. The monoisotopic (exact) mass is 389 g/mol. The number of hydrogen-bond donors (Lipinski definition) is 2. The number of pyridine rings is 1. The predicted molar refractivity (Wildman–Crippen MR) is 112 cm³/mol. The summed E-state index contributed by atoms with van der Waals surface area (Å²) in [7, 11) is 1.60. The molecule has 29 heavy (non-hydrogen) atoms. The Hall–Kier alpha value is -3.67. The molecule has 148 valence electrons. The maximum atomic E-state index is 12.5. The van der Waals surface area contributed by atoms with Crippen molar-refractivity contribution in [2.75, 3.05) is 12.4 Å². The molecule has 3 rings (SSSR count). The van der Waals surface area contributed by atoms with Crippen molar-refractivity contribution in [3.8, 4) is 5.75 Å². The fourth-order valence-electron chi connectivity index (χ4n) is 2.74. The molecule has 0 saturated carbocycles. The van der Waals surface area contributed by atoms with Gasteiger partial charge in [0.25, 0.3) is 11.8 Å². The number of rotatable bonds is 7. The summed E-state index contributed by atoms with van der Waals surface area (Å²) in [5.74, 6) is 0.147. The van der Waals surface area contributed by atoms with E-state index >= 15 is 0 Å². The van der Waals surface area contributed by atoms with Gasteiger partial charge in [0.2, 0.25) is 0 Å². The third-order valence-corrected chi connectivity index (χ3v) is 4.49. The van der Waals surface area contributed by atoms with Gasteiger partial charge in [-0.05, 0) is 47.9 Å². The number of aromatic nitrogens is 1. The lowest BCUT2D eigenvalue weighted by Crippen LogP contribution is -2.23. The van der Waals surface area contributed by atoms with E-state index in [-0.39, 0.29) is 11.8 Å². The van der Waals surface area contributed by atoms with Gasteiger partial charge in [-0.3, -0.25) is 14.6 Å². The van der Waals surface area contributed by atoms with Gasteiger partial charge in [-0.25, -0.2) is 0 Å². The standard InChI is InChI=1S/C23H23N3O3/c1-3-16-4-8-20(9-5-16)26-23(28)19-12-18(14-24-15-19)22(27)25-13-17-6-10-21(29-2)11-7-17/h4-12,14-15H,3,13H2,1-2H3,(H,25,27)(H,26,28).